The van der Waals surface area contributed by atoms with Crippen molar-refractivity contribution in [2.45, 2.75) is 13.8 Å². The molecule has 2 aromatic rings. The topological polar surface area (TPSA) is 50.7 Å². The summed E-state index contributed by atoms with van der Waals surface area (Å²) in [6.07, 6.45) is 1.59. The van der Waals surface area contributed by atoms with E-state index in [4.69, 9.17) is 4.74 Å². The van der Waals surface area contributed by atoms with Crippen molar-refractivity contribution >= 4 is 28.1 Å². The third-order valence-corrected chi connectivity index (χ3v) is 3.56. The minimum Gasteiger partial charge on any atom is -0.483 e. The molecule has 0 spiro atoms. The molecule has 0 unspecified atom stereocenters. The lowest BCUT2D eigenvalue weighted by molar-refractivity contribution is -0.123. The number of hydrazone groups is 1. The fraction of sp³-hybridized carbons (Fsp3) is 0.176. The van der Waals surface area contributed by atoms with E-state index in [-0.39, 0.29) is 12.5 Å². The fourth-order valence-electron chi connectivity index (χ4n) is 1.92. The van der Waals surface area contributed by atoms with Gasteiger partial charge in [0.25, 0.3) is 5.91 Å². The van der Waals surface area contributed by atoms with Crippen molar-refractivity contribution in [1.82, 2.24) is 5.43 Å². The van der Waals surface area contributed by atoms with Gasteiger partial charge in [0, 0.05) is 4.47 Å². The third kappa shape index (κ3) is 4.70. The summed E-state index contributed by atoms with van der Waals surface area (Å²) in [5.41, 5.74) is 5.36. The monoisotopic (exact) mass is 360 g/mol. The predicted octanol–water partition coefficient (Wildman–Crippen LogP) is 3.60. The van der Waals surface area contributed by atoms with E-state index < -0.39 is 0 Å². The molecule has 4 nitrogen and oxygen atoms in total. The maximum absolute atomic E-state index is 11.7. The van der Waals surface area contributed by atoms with Gasteiger partial charge in [-0.2, -0.15) is 5.10 Å². The number of nitrogens with zero attached hydrogens (tertiary/aromatic N) is 1. The molecule has 2 rings (SSSR count). The van der Waals surface area contributed by atoms with Gasteiger partial charge in [-0.05, 0) is 42.7 Å². The second-order valence-electron chi connectivity index (χ2n) is 4.85. The first kappa shape index (κ1) is 16.2. The third-order valence-electron chi connectivity index (χ3n) is 3.03. The summed E-state index contributed by atoms with van der Waals surface area (Å²) in [5.74, 6) is 0.450. The van der Waals surface area contributed by atoms with Crippen LogP contribution in [0, 0.1) is 13.8 Å². The molecule has 1 amide bonds. The number of carbonyl (C=O) groups excluding carboxylic acids is 1. The van der Waals surface area contributed by atoms with Crippen LogP contribution in [0.2, 0.25) is 0 Å². The molecule has 0 aliphatic heterocycles. The van der Waals surface area contributed by atoms with Gasteiger partial charge in [-0.15, -0.1) is 0 Å². The summed E-state index contributed by atoms with van der Waals surface area (Å²) >= 11 is 3.36. The summed E-state index contributed by atoms with van der Waals surface area (Å²) in [7, 11) is 0. The lowest BCUT2D eigenvalue weighted by Crippen LogP contribution is -2.25. The van der Waals surface area contributed by atoms with Crippen LogP contribution in [-0.4, -0.2) is 18.7 Å². The summed E-state index contributed by atoms with van der Waals surface area (Å²) in [4.78, 5) is 11.7. The molecule has 1 N–H and O–H groups in total. The highest BCUT2D eigenvalue weighted by Gasteiger charge is 2.06. The molecule has 0 heterocycles. The maximum atomic E-state index is 11.7. The minimum atomic E-state index is -0.295. The van der Waals surface area contributed by atoms with Crippen LogP contribution < -0.4 is 10.2 Å². The van der Waals surface area contributed by atoms with E-state index in [1.54, 1.807) is 6.21 Å². The summed E-state index contributed by atoms with van der Waals surface area (Å²) in [6, 6.07) is 13.5. The van der Waals surface area contributed by atoms with Gasteiger partial charge in [0.15, 0.2) is 6.61 Å². The molecule has 114 valence electrons. The van der Waals surface area contributed by atoms with Crippen molar-refractivity contribution < 1.29 is 9.53 Å². The first-order valence-corrected chi connectivity index (χ1v) is 7.62. The highest BCUT2D eigenvalue weighted by Crippen LogP contribution is 2.21. The lowest BCUT2D eigenvalue weighted by Gasteiger charge is -2.10. The Bertz CT molecular complexity index is 661. The second kappa shape index (κ2) is 7.75. The van der Waals surface area contributed by atoms with Crippen molar-refractivity contribution in [3.63, 3.8) is 0 Å². The average molecular weight is 361 g/mol. The number of hydrogen-bond donors (Lipinski definition) is 1. The Labute approximate surface area is 138 Å². The summed E-state index contributed by atoms with van der Waals surface area (Å²) in [6.45, 7) is 3.83. The van der Waals surface area contributed by atoms with Crippen molar-refractivity contribution in [2.24, 2.45) is 5.10 Å². The van der Waals surface area contributed by atoms with E-state index in [0.717, 1.165) is 26.9 Å². The van der Waals surface area contributed by atoms with E-state index in [2.05, 4.69) is 26.5 Å². The highest BCUT2D eigenvalue weighted by molar-refractivity contribution is 9.10. The van der Waals surface area contributed by atoms with E-state index in [1.807, 2.05) is 56.3 Å². The van der Waals surface area contributed by atoms with E-state index >= 15 is 0 Å². The standard InChI is InChI=1S/C17H17BrN2O2/c1-12-4-3-5-13(2)17(12)22-11-16(21)20-19-10-14-6-8-15(18)9-7-14/h3-10H,11H2,1-2H3,(H,20,21)/b19-10-. The van der Waals surface area contributed by atoms with E-state index in [0.29, 0.717) is 0 Å². The Kier molecular flexibility index (Phi) is 5.72. The van der Waals surface area contributed by atoms with Crippen LogP contribution in [0.3, 0.4) is 0 Å². The molecule has 0 aliphatic rings. The molecule has 0 saturated carbocycles. The van der Waals surface area contributed by atoms with E-state index in [1.165, 1.54) is 0 Å². The average Bonchev–Trinajstić information content (AvgIpc) is 2.49. The zero-order chi connectivity index (χ0) is 15.9. The van der Waals surface area contributed by atoms with Crippen molar-refractivity contribution in [2.75, 3.05) is 6.61 Å². The van der Waals surface area contributed by atoms with Gasteiger partial charge in [-0.1, -0.05) is 46.3 Å². The number of aryl methyl sites for hydroxylation is 2. The second-order valence-corrected chi connectivity index (χ2v) is 5.77. The molecular formula is C17H17BrN2O2. The summed E-state index contributed by atoms with van der Waals surface area (Å²) < 4.78 is 6.55. The molecule has 0 atom stereocenters. The lowest BCUT2D eigenvalue weighted by atomic mass is 10.1. The van der Waals surface area contributed by atoms with Crippen LogP contribution in [0.4, 0.5) is 0 Å². The van der Waals surface area contributed by atoms with Crippen molar-refractivity contribution in [1.29, 1.82) is 0 Å². The van der Waals surface area contributed by atoms with Gasteiger partial charge in [-0.25, -0.2) is 5.43 Å². The first-order chi connectivity index (χ1) is 10.6. The summed E-state index contributed by atoms with van der Waals surface area (Å²) in [5, 5.41) is 3.91. The number of nitrogens with one attached hydrogen (secondary N) is 1. The number of amides is 1. The van der Waals surface area contributed by atoms with Gasteiger partial charge in [0.1, 0.15) is 5.75 Å². The first-order valence-electron chi connectivity index (χ1n) is 6.83. The zero-order valence-corrected chi connectivity index (χ0v) is 14.1. The van der Waals surface area contributed by atoms with Gasteiger partial charge >= 0.3 is 0 Å². The Morgan fingerprint density at radius 2 is 1.82 bits per heavy atom. The Morgan fingerprint density at radius 1 is 1.18 bits per heavy atom. The van der Waals surface area contributed by atoms with Gasteiger partial charge in [0.05, 0.1) is 6.21 Å². The normalized spacial score (nSPS) is 10.7. The molecule has 5 heteroatoms. The Morgan fingerprint density at radius 3 is 2.45 bits per heavy atom. The Hall–Kier alpha value is -2.14. The number of para-hydroxylation sites is 1. The van der Waals surface area contributed by atoms with E-state index in [9.17, 15) is 4.79 Å². The fourth-order valence-corrected chi connectivity index (χ4v) is 2.19. The largest absolute Gasteiger partial charge is 0.483 e. The van der Waals surface area contributed by atoms with Gasteiger partial charge < -0.3 is 4.74 Å². The highest BCUT2D eigenvalue weighted by atomic mass is 79.9. The van der Waals surface area contributed by atoms with Crippen LogP contribution in [0.25, 0.3) is 0 Å². The number of hydrogen-bond acceptors (Lipinski definition) is 3. The van der Waals surface area contributed by atoms with Crippen LogP contribution in [0.5, 0.6) is 5.75 Å². The molecule has 0 fully saturated rings. The van der Waals surface area contributed by atoms with Crippen molar-refractivity contribution in [3.8, 4) is 5.75 Å². The SMILES string of the molecule is Cc1cccc(C)c1OCC(=O)N/N=C\c1ccc(Br)cc1. The Balaban J connectivity index is 1.84. The molecular weight excluding hydrogens is 344 g/mol. The predicted molar refractivity (Wildman–Crippen MR) is 91.3 cm³/mol. The van der Waals surface area contributed by atoms with Gasteiger partial charge in [0.2, 0.25) is 0 Å². The van der Waals surface area contributed by atoms with Gasteiger partial charge in [-0.3, -0.25) is 4.79 Å². The molecule has 0 bridgehead atoms. The van der Waals surface area contributed by atoms with Crippen LogP contribution >= 0.6 is 15.9 Å². The number of rotatable bonds is 5. The zero-order valence-electron chi connectivity index (χ0n) is 12.5. The van der Waals surface area contributed by atoms with Crippen LogP contribution in [0.1, 0.15) is 16.7 Å². The molecule has 0 saturated heterocycles. The minimum absolute atomic E-state index is 0.0661. The molecule has 22 heavy (non-hydrogen) atoms. The smallest absolute Gasteiger partial charge is 0.277 e. The number of benzene rings is 2. The molecule has 2 aromatic carbocycles. The maximum Gasteiger partial charge on any atom is 0.277 e. The van der Waals surface area contributed by atoms with Crippen LogP contribution in [-0.2, 0) is 4.79 Å². The van der Waals surface area contributed by atoms with Crippen molar-refractivity contribution in [3.05, 3.63) is 63.6 Å². The quantitative estimate of drug-likeness (QED) is 0.654. The molecule has 0 aromatic heterocycles. The van der Waals surface area contributed by atoms with Crippen LogP contribution in [0.15, 0.2) is 52.0 Å². The molecule has 0 radical (unpaired) electrons. The number of ether oxygens (including phenoxy) is 1. The number of halogens is 1. The molecule has 0 aliphatic carbocycles. The number of carbonyl (C=O) groups is 1.